The molecule has 1 atom stereocenters. The van der Waals surface area contributed by atoms with Crippen molar-refractivity contribution in [3.63, 3.8) is 0 Å². The number of anilines is 1. The minimum Gasteiger partial charge on any atom is -0.497 e. The van der Waals surface area contributed by atoms with Gasteiger partial charge in [0.1, 0.15) is 29.6 Å². The highest BCUT2D eigenvalue weighted by Crippen LogP contribution is 2.34. The summed E-state index contributed by atoms with van der Waals surface area (Å²) in [6, 6.07) is 26.3. The van der Waals surface area contributed by atoms with Crippen LogP contribution in [0.1, 0.15) is 17.2 Å². The second kappa shape index (κ2) is 12.5. The van der Waals surface area contributed by atoms with Crippen LogP contribution in [0.4, 0.5) is 5.69 Å². The number of carbonyl (C=O) groups is 2. The molecule has 0 fully saturated rings. The van der Waals surface area contributed by atoms with E-state index in [4.69, 9.17) is 21.1 Å². The van der Waals surface area contributed by atoms with Crippen molar-refractivity contribution in [1.82, 2.24) is 24.9 Å². The van der Waals surface area contributed by atoms with E-state index in [0.29, 0.717) is 38.8 Å². The number of benzene rings is 4. The lowest BCUT2D eigenvalue weighted by molar-refractivity contribution is -0.140. The molecule has 0 aliphatic heterocycles. The number of hydrogen-bond acceptors (Lipinski definition) is 6. The quantitative estimate of drug-likeness (QED) is 0.197. The highest BCUT2D eigenvalue weighted by Gasteiger charge is 2.34. The topological polar surface area (TPSA) is 114 Å². The number of methoxy groups -OCH3 is 2. The lowest BCUT2D eigenvalue weighted by atomic mass is 10.0. The Labute approximate surface area is 258 Å². The first-order valence-electron chi connectivity index (χ1n) is 13.9. The van der Waals surface area contributed by atoms with Crippen LogP contribution >= 0.6 is 11.6 Å². The first kappa shape index (κ1) is 28.8. The van der Waals surface area contributed by atoms with Gasteiger partial charge in [-0.05, 0) is 48.0 Å². The average molecular weight is 609 g/mol. The van der Waals surface area contributed by atoms with E-state index in [2.05, 4.69) is 20.6 Å². The van der Waals surface area contributed by atoms with Crippen LogP contribution < -0.4 is 14.8 Å². The standard InChI is InChI=1S/C33H29ClN6O4/c1-43-23-15-16-28(30(17-23)44-2)36-33(42)32(25-18-35-26-8-4-3-7-24(25)26)39(19-21-11-13-22(34)14-12-21)31(41)20-40-29-10-6-5-9-27(29)37-38-40/h3-18,32,35H,19-20H2,1-2H3,(H,36,42). The molecule has 1 unspecified atom stereocenters. The van der Waals surface area contributed by atoms with E-state index in [9.17, 15) is 9.59 Å². The zero-order valence-corrected chi connectivity index (χ0v) is 24.8. The Morgan fingerprint density at radius 1 is 0.977 bits per heavy atom. The molecule has 2 heterocycles. The Morgan fingerprint density at radius 3 is 2.55 bits per heavy atom. The number of nitrogens with zero attached hydrogens (tertiary/aromatic N) is 4. The van der Waals surface area contributed by atoms with Gasteiger partial charge in [0.05, 0.1) is 25.4 Å². The molecule has 222 valence electrons. The molecule has 10 nitrogen and oxygen atoms in total. The minimum absolute atomic E-state index is 0.125. The van der Waals surface area contributed by atoms with Gasteiger partial charge in [-0.2, -0.15) is 0 Å². The number of carbonyl (C=O) groups excluding carboxylic acids is 2. The van der Waals surface area contributed by atoms with Crippen LogP contribution in [0.15, 0.2) is 97.2 Å². The smallest absolute Gasteiger partial charge is 0.252 e. The van der Waals surface area contributed by atoms with E-state index >= 15 is 0 Å². The van der Waals surface area contributed by atoms with Gasteiger partial charge >= 0.3 is 0 Å². The molecule has 6 rings (SSSR count). The van der Waals surface area contributed by atoms with Crippen molar-refractivity contribution in [3.8, 4) is 11.5 Å². The second-order valence-electron chi connectivity index (χ2n) is 10.1. The van der Waals surface area contributed by atoms with E-state index in [1.54, 1.807) is 53.2 Å². The molecule has 2 aromatic heterocycles. The number of fused-ring (bicyclic) bond motifs is 2. The predicted octanol–water partition coefficient (Wildman–Crippen LogP) is 5.99. The van der Waals surface area contributed by atoms with Crippen LogP contribution in [0.5, 0.6) is 11.5 Å². The molecule has 0 aliphatic rings. The Hall–Kier alpha value is -5.35. The van der Waals surface area contributed by atoms with Crippen LogP contribution in [0.2, 0.25) is 5.02 Å². The van der Waals surface area contributed by atoms with Crippen LogP contribution in [0.25, 0.3) is 21.9 Å². The summed E-state index contributed by atoms with van der Waals surface area (Å²) in [5, 5.41) is 12.8. The van der Waals surface area contributed by atoms with E-state index in [-0.39, 0.29) is 19.0 Å². The van der Waals surface area contributed by atoms with Gasteiger partial charge in [0, 0.05) is 40.3 Å². The number of rotatable bonds is 10. The summed E-state index contributed by atoms with van der Waals surface area (Å²) in [7, 11) is 3.07. The highest BCUT2D eigenvalue weighted by molar-refractivity contribution is 6.30. The van der Waals surface area contributed by atoms with Crippen molar-refractivity contribution < 1.29 is 19.1 Å². The number of aromatic amines is 1. The summed E-state index contributed by atoms with van der Waals surface area (Å²) < 4.78 is 12.4. The van der Waals surface area contributed by atoms with Crippen molar-refractivity contribution in [2.45, 2.75) is 19.1 Å². The number of nitrogens with one attached hydrogen (secondary N) is 2. The molecule has 0 bridgehead atoms. The van der Waals surface area contributed by atoms with Crippen LogP contribution in [0.3, 0.4) is 0 Å². The van der Waals surface area contributed by atoms with Crippen LogP contribution in [-0.2, 0) is 22.7 Å². The molecule has 6 aromatic rings. The molecule has 0 aliphatic carbocycles. The van der Waals surface area contributed by atoms with E-state index in [1.807, 2.05) is 60.7 Å². The first-order valence-corrected chi connectivity index (χ1v) is 14.2. The number of ether oxygens (including phenoxy) is 2. The lowest BCUT2D eigenvalue weighted by Crippen LogP contribution is -2.42. The third kappa shape index (κ3) is 5.80. The van der Waals surface area contributed by atoms with Crippen molar-refractivity contribution >= 4 is 51.0 Å². The molecule has 11 heteroatoms. The molecular weight excluding hydrogens is 580 g/mol. The summed E-state index contributed by atoms with van der Waals surface area (Å²) in [5.74, 6) is 0.236. The highest BCUT2D eigenvalue weighted by atomic mass is 35.5. The van der Waals surface area contributed by atoms with Gasteiger partial charge in [-0.1, -0.05) is 59.3 Å². The Balaban J connectivity index is 1.45. The van der Waals surface area contributed by atoms with Gasteiger partial charge in [-0.25, -0.2) is 4.68 Å². The fourth-order valence-electron chi connectivity index (χ4n) is 5.24. The lowest BCUT2D eigenvalue weighted by Gasteiger charge is -2.31. The van der Waals surface area contributed by atoms with Gasteiger partial charge < -0.3 is 24.7 Å². The number of para-hydroxylation sites is 2. The van der Waals surface area contributed by atoms with Crippen LogP contribution in [0, 0.1) is 0 Å². The third-order valence-corrected chi connectivity index (χ3v) is 7.69. The number of amides is 2. The summed E-state index contributed by atoms with van der Waals surface area (Å²) in [5.41, 5.74) is 4.08. The van der Waals surface area contributed by atoms with Gasteiger partial charge in [0.25, 0.3) is 5.91 Å². The number of hydrogen-bond donors (Lipinski definition) is 2. The average Bonchev–Trinajstić information content (AvgIpc) is 3.66. The SMILES string of the molecule is COc1ccc(NC(=O)C(c2c[nH]c3ccccc23)N(Cc2ccc(Cl)cc2)C(=O)Cn2nnc3ccccc32)c(OC)c1. The fourth-order valence-corrected chi connectivity index (χ4v) is 5.36. The van der Waals surface area contributed by atoms with Gasteiger partial charge in [-0.3, -0.25) is 9.59 Å². The van der Waals surface area contributed by atoms with E-state index in [1.165, 1.54) is 7.11 Å². The van der Waals surface area contributed by atoms with Crippen molar-refractivity contribution in [2.75, 3.05) is 19.5 Å². The molecule has 0 saturated heterocycles. The summed E-state index contributed by atoms with van der Waals surface area (Å²) >= 11 is 6.17. The monoisotopic (exact) mass is 608 g/mol. The molecular formula is C33H29ClN6O4. The van der Waals surface area contributed by atoms with Crippen molar-refractivity contribution in [3.05, 3.63) is 113 Å². The third-order valence-electron chi connectivity index (χ3n) is 7.43. The Morgan fingerprint density at radius 2 is 1.75 bits per heavy atom. The number of halogens is 1. The Kier molecular flexibility index (Phi) is 8.16. The summed E-state index contributed by atoms with van der Waals surface area (Å²) in [6.07, 6.45) is 1.77. The molecule has 44 heavy (non-hydrogen) atoms. The largest absolute Gasteiger partial charge is 0.497 e. The first-order chi connectivity index (χ1) is 21.4. The maximum Gasteiger partial charge on any atom is 0.252 e. The van der Waals surface area contributed by atoms with Crippen molar-refractivity contribution in [1.29, 1.82) is 0 Å². The fraction of sp³-hybridized carbons (Fsp3) is 0.152. The molecule has 2 N–H and O–H groups in total. The molecule has 4 aromatic carbocycles. The number of aromatic nitrogens is 4. The summed E-state index contributed by atoms with van der Waals surface area (Å²) in [6.45, 7) is -0.00787. The van der Waals surface area contributed by atoms with Gasteiger partial charge in [-0.15, -0.1) is 5.10 Å². The predicted molar refractivity (Wildman–Crippen MR) is 169 cm³/mol. The van der Waals surface area contributed by atoms with Crippen molar-refractivity contribution in [2.24, 2.45) is 0 Å². The van der Waals surface area contributed by atoms with E-state index in [0.717, 1.165) is 16.5 Å². The Bertz CT molecular complexity index is 1950. The van der Waals surface area contributed by atoms with Crippen LogP contribution in [-0.4, -0.2) is 50.9 Å². The van der Waals surface area contributed by atoms with E-state index < -0.39 is 11.9 Å². The maximum atomic E-state index is 14.4. The second-order valence-corrected chi connectivity index (χ2v) is 10.6. The summed E-state index contributed by atoms with van der Waals surface area (Å²) in [4.78, 5) is 33.6. The number of H-pyrrole nitrogens is 1. The normalized spacial score (nSPS) is 11.8. The molecule has 2 amide bonds. The van der Waals surface area contributed by atoms with Gasteiger partial charge in [0.15, 0.2) is 0 Å². The molecule has 0 saturated carbocycles. The maximum absolute atomic E-state index is 14.4. The minimum atomic E-state index is -1.05. The zero-order chi connectivity index (χ0) is 30.6. The molecule has 0 radical (unpaired) electrons. The van der Waals surface area contributed by atoms with Gasteiger partial charge in [0.2, 0.25) is 5.91 Å². The molecule has 0 spiro atoms. The zero-order valence-electron chi connectivity index (χ0n) is 24.0.